The minimum absolute atomic E-state index is 0.544. The molecule has 0 saturated heterocycles. The number of hydrogen-bond donors (Lipinski definition) is 1. The Kier molecular flexibility index (Phi) is 2.43. The van der Waals surface area contributed by atoms with Gasteiger partial charge in [0, 0.05) is 10.5 Å². The first kappa shape index (κ1) is 9.22. The van der Waals surface area contributed by atoms with Crippen molar-refractivity contribution in [2.24, 2.45) is 0 Å². The highest BCUT2D eigenvalue weighted by atomic mass is 79.9. The summed E-state index contributed by atoms with van der Waals surface area (Å²) < 4.78 is 1.26. The molecule has 2 atom stereocenters. The van der Waals surface area contributed by atoms with Crippen LogP contribution in [0.15, 0.2) is 22.7 Å². The molecule has 1 aromatic carbocycles. The lowest BCUT2D eigenvalue weighted by Crippen LogP contribution is -2.12. The van der Waals surface area contributed by atoms with E-state index in [0.29, 0.717) is 12.0 Å². The summed E-state index contributed by atoms with van der Waals surface area (Å²) in [6.45, 7) is 2.29. The highest BCUT2D eigenvalue weighted by Gasteiger charge is 2.28. The maximum Gasteiger partial charge on any atom is 0.0326 e. The van der Waals surface area contributed by atoms with E-state index in [1.54, 1.807) is 0 Å². The Labute approximate surface area is 87.7 Å². The molecule has 70 valence electrons. The first-order valence-electron chi connectivity index (χ1n) is 4.69. The smallest absolute Gasteiger partial charge is 0.0326 e. The van der Waals surface area contributed by atoms with Gasteiger partial charge in [0.2, 0.25) is 0 Å². The number of halogens is 1. The summed E-state index contributed by atoms with van der Waals surface area (Å²) in [4.78, 5) is 0. The van der Waals surface area contributed by atoms with Crippen LogP contribution in [-0.4, -0.2) is 7.05 Å². The third-order valence-corrected chi connectivity index (χ3v) is 3.58. The number of fused-ring (bicyclic) bond motifs is 1. The van der Waals surface area contributed by atoms with Gasteiger partial charge in [-0.25, -0.2) is 0 Å². The summed E-state index contributed by atoms with van der Waals surface area (Å²) in [6, 6.07) is 7.02. The van der Waals surface area contributed by atoms with Crippen LogP contribution >= 0.6 is 15.9 Å². The largest absolute Gasteiger partial charge is 0.313 e. The van der Waals surface area contributed by atoms with E-state index in [9.17, 15) is 0 Å². The monoisotopic (exact) mass is 239 g/mol. The molecule has 0 amide bonds. The van der Waals surface area contributed by atoms with E-state index in [4.69, 9.17) is 0 Å². The highest BCUT2D eigenvalue weighted by molar-refractivity contribution is 9.10. The molecule has 0 bridgehead atoms. The second-order valence-electron chi connectivity index (χ2n) is 3.72. The molecule has 1 nitrogen and oxygen atoms in total. The van der Waals surface area contributed by atoms with Crippen LogP contribution in [0.4, 0.5) is 0 Å². The second kappa shape index (κ2) is 3.43. The van der Waals surface area contributed by atoms with Crippen molar-refractivity contribution in [2.45, 2.75) is 25.3 Å². The van der Waals surface area contributed by atoms with Crippen LogP contribution in [0.2, 0.25) is 0 Å². The average Bonchev–Trinajstić information content (AvgIpc) is 2.44. The zero-order valence-electron chi connectivity index (χ0n) is 7.97. The van der Waals surface area contributed by atoms with Crippen LogP contribution in [0.25, 0.3) is 0 Å². The fraction of sp³-hybridized carbons (Fsp3) is 0.455. The molecule has 0 saturated carbocycles. The van der Waals surface area contributed by atoms with Crippen molar-refractivity contribution in [3.8, 4) is 0 Å². The Morgan fingerprint density at radius 3 is 2.92 bits per heavy atom. The van der Waals surface area contributed by atoms with Gasteiger partial charge in [0.15, 0.2) is 0 Å². The van der Waals surface area contributed by atoms with E-state index in [0.717, 1.165) is 0 Å². The molecule has 0 aromatic heterocycles. The van der Waals surface area contributed by atoms with Crippen LogP contribution in [0.1, 0.15) is 36.4 Å². The molecule has 13 heavy (non-hydrogen) atoms. The third-order valence-electron chi connectivity index (χ3n) is 2.89. The Hall–Kier alpha value is -0.340. The van der Waals surface area contributed by atoms with Gasteiger partial charge >= 0.3 is 0 Å². The highest BCUT2D eigenvalue weighted by Crippen LogP contribution is 2.43. The van der Waals surface area contributed by atoms with E-state index in [-0.39, 0.29) is 0 Å². The first-order chi connectivity index (χ1) is 6.24. The third kappa shape index (κ3) is 1.42. The quantitative estimate of drug-likeness (QED) is 0.794. The zero-order valence-corrected chi connectivity index (χ0v) is 9.56. The van der Waals surface area contributed by atoms with Gasteiger partial charge in [0.25, 0.3) is 0 Å². The Morgan fingerprint density at radius 2 is 2.23 bits per heavy atom. The first-order valence-corrected chi connectivity index (χ1v) is 5.49. The van der Waals surface area contributed by atoms with Crippen molar-refractivity contribution in [3.05, 3.63) is 33.8 Å². The minimum Gasteiger partial charge on any atom is -0.313 e. The molecule has 2 heteroatoms. The van der Waals surface area contributed by atoms with Crippen molar-refractivity contribution in [3.63, 3.8) is 0 Å². The predicted octanol–water partition coefficient (Wildman–Crippen LogP) is 3.22. The van der Waals surface area contributed by atoms with E-state index in [2.05, 4.69) is 46.4 Å². The lowest BCUT2D eigenvalue weighted by atomic mass is 10.0. The molecule has 2 rings (SSSR count). The summed E-state index contributed by atoms with van der Waals surface area (Å²) in [5, 5.41) is 3.36. The fourth-order valence-corrected chi connectivity index (χ4v) is 3.02. The molecular weight excluding hydrogens is 226 g/mol. The van der Waals surface area contributed by atoms with Crippen molar-refractivity contribution in [1.82, 2.24) is 5.32 Å². The summed E-state index contributed by atoms with van der Waals surface area (Å²) in [6.07, 6.45) is 1.22. The Balaban J connectivity index is 2.51. The molecule has 1 N–H and O–H groups in total. The summed E-state index contributed by atoms with van der Waals surface area (Å²) in [7, 11) is 2.04. The normalized spacial score (nSPS) is 26.1. The van der Waals surface area contributed by atoms with Gasteiger partial charge in [-0.1, -0.05) is 35.0 Å². The molecule has 1 aliphatic carbocycles. The topological polar surface area (TPSA) is 12.0 Å². The van der Waals surface area contributed by atoms with Crippen molar-refractivity contribution in [1.29, 1.82) is 0 Å². The predicted molar refractivity (Wildman–Crippen MR) is 59.0 cm³/mol. The van der Waals surface area contributed by atoms with Gasteiger partial charge in [-0.15, -0.1) is 0 Å². The maximum atomic E-state index is 3.62. The Morgan fingerprint density at radius 1 is 1.46 bits per heavy atom. The molecule has 0 spiro atoms. The van der Waals surface area contributed by atoms with E-state index in [1.807, 2.05) is 7.05 Å². The molecular formula is C11H14BrN. The van der Waals surface area contributed by atoms with Gasteiger partial charge < -0.3 is 5.32 Å². The van der Waals surface area contributed by atoms with Crippen LogP contribution in [0.3, 0.4) is 0 Å². The van der Waals surface area contributed by atoms with Gasteiger partial charge in [-0.05, 0) is 36.6 Å². The molecule has 1 aliphatic rings. The fourth-order valence-electron chi connectivity index (χ4n) is 2.25. The number of benzene rings is 1. The SMILES string of the molecule is CNC1CC(C)c2c(Br)cccc21. The Bertz CT molecular complexity index is 322. The molecule has 0 heterocycles. The maximum absolute atomic E-state index is 3.62. The molecule has 1 aromatic rings. The van der Waals surface area contributed by atoms with Crippen LogP contribution in [0, 0.1) is 0 Å². The standard InChI is InChI=1S/C11H14BrN/c1-7-6-10(13-2)8-4-3-5-9(12)11(7)8/h3-5,7,10,13H,6H2,1-2H3. The molecule has 0 aliphatic heterocycles. The second-order valence-corrected chi connectivity index (χ2v) is 4.58. The van der Waals surface area contributed by atoms with Crippen molar-refractivity contribution in [2.75, 3.05) is 7.05 Å². The van der Waals surface area contributed by atoms with Gasteiger partial charge in [-0.2, -0.15) is 0 Å². The summed E-state index contributed by atoms with van der Waals surface area (Å²) >= 11 is 3.62. The van der Waals surface area contributed by atoms with Gasteiger partial charge in [0.1, 0.15) is 0 Å². The minimum atomic E-state index is 0.544. The van der Waals surface area contributed by atoms with Crippen LogP contribution < -0.4 is 5.32 Å². The van der Waals surface area contributed by atoms with Crippen LogP contribution in [-0.2, 0) is 0 Å². The van der Waals surface area contributed by atoms with E-state index >= 15 is 0 Å². The van der Waals surface area contributed by atoms with Crippen LogP contribution in [0.5, 0.6) is 0 Å². The van der Waals surface area contributed by atoms with Crippen molar-refractivity contribution >= 4 is 15.9 Å². The van der Waals surface area contributed by atoms with Gasteiger partial charge in [0.05, 0.1) is 0 Å². The number of hydrogen-bond acceptors (Lipinski definition) is 1. The van der Waals surface area contributed by atoms with E-state index in [1.165, 1.54) is 22.0 Å². The van der Waals surface area contributed by atoms with E-state index < -0.39 is 0 Å². The average molecular weight is 240 g/mol. The number of rotatable bonds is 1. The molecule has 2 unspecified atom stereocenters. The lowest BCUT2D eigenvalue weighted by molar-refractivity contribution is 0.552. The molecule has 0 fully saturated rings. The zero-order chi connectivity index (χ0) is 9.42. The lowest BCUT2D eigenvalue weighted by Gasteiger charge is -2.09. The summed E-state index contributed by atoms with van der Waals surface area (Å²) in [5.41, 5.74) is 2.95. The van der Waals surface area contributed by atoms with Crippen molar-refractivity contribution < 1.29 is 0 Å². The molecule has 0 radical (unpaired) electrons. The van der Waals surface area contributed by atoms with Gasteiger partial charge in [-0.3, -0.25) is 0 Å². The summed E-state index contributed by atoms with van der Waals surface area (Å²) in [5.74, 6) is 0.669. The number of nitrogens with one attached hydrogen (secondary N) is 1.